The molecule has 0 fully saturated rings. The van der Waals surface area contributed by atoms with Gasteiger partial charge < -0.3 is 0 Å². The Hall–Kier alpha value is -1.17. The molecule has 0 aliphatic carbocycles. The Morgan fingerprint density at radius 2 is 2.12 bits per heavy atom. The van der Waals surface area contributed by atoms with E-state index in [1.54, 1.807) is 24.0 Å². The summed E-state index contributed by atoms with van der Waals surface area (Å²) in [6.07, 6.45) is 1.63. The summed E-state index contributed by atoms with van der Waals surface area (Å²) in [7, 11) is 1.77. The van der Waals surface area contributed by atoms with Gasteiger partial charge >= 0.3 is 0 Å². The topological polar surface area (TPSA) is 34.9 Å². The van der Waals surface area contributed by atoms with Crippen molar-refractivity contribution in [2.75, 3.05) is 0 Å². The summed E-state index contributed by atoms with van der Waals surface area (Å²) in [6, 6.07) is 7.49. The van der Waals surface area contributed by atoms with Crippen molar-refractivity contribution in [3.8, 4) is 0 Å². The monoisotopic (exact) mass is 326 g/mol. The molecule has 16 heavy (non-hydrogen) atoms. The van der Waals surface area contributed by atoms with Crippen molar-refractivity contribution in [1.82, 2.24) is 9.78 Å². The van der Waals surface area contributed by atoms with Gasteiger partial charge in [0.1, 0.15) is 5.69 Å². The fourth-order valence-electron chi connectivity index (χ4n) is 1.56. The molecule has 1 aromatic heterocycles. The van der Waals surface area contributed by atoms with Crippen molar-refractivity contribution >= 4 is 28.4 Å². The molecule has 0 saturated heterocycles. The third kappa shape index (κ3) is 1.89. The highest BCUT2D eigenvalue weighted by molar-refractivity contribution is 14.1. The zero-order chi connectivity index (χ0) is 11.7. The zero-order valence-corrected chi connectivity index (χ0v) is 11.2. The van der Waals surface area contributed by atoms with Crippen molar-refractivity contribution < 1.29 is 4.79 Å². The summed E-state index contributed by atoms with van der Waals surface area (Å²) in [5.74, 6) is 0.0214. The summed E-state index contributed by atoms with van der Waals surface area (Å²) in [4.78, 5) is 12.2. The van der Waals surface area contributed by atoms with E-state index in [-0.39, 0.29) is 5.78 Å². The van der Waals surface area contributed by atoms with Crippen molar-refractivity contribution in [2.24, 2.45) is 7.05 Å². The molecule has 0 radical (unpaired) electrons. The third-order valence-corrected chi connectivity index (χ3v) is 3.92. The molecule has 0 bridgehead atoms. The maximum Gasteiger partial charge on any atom is 0.212 e. The molecule has 2 aromatic rings. The first-order chi connectivity index (χ1) is 7.61. The lowest BCUT2D eigenvalue weighted by atomic mass is 10.1. The lowest BCUT2D eigenvalue weighted by molar-refractivity contribution is 0.102. The summed E-state index contributed by atoms with van der Waals surface area (Å²) < 4.78 is 2.60. The highest BCUT2D eigenvalue weighted by atomic mass is 127. The fraction of sp³-hybridized carbons (Fsp3) is 0.167. The third-order valence-electron chi connectivity index (χ3n) is 2.49. The smallest absolute Gasteiger partial charge is 0.212 e. The fourth-order valence-corrected chi connectivity index (χ4v) is 2.16. The predicted molar refractivity (Wildman–Crippen MR) is 70.5 cm³/mol. The molecule has 0 N–H and O–H groups in total. The second kappa shape index (κ2) is 4.37. The Bertz CT molecular complexity index is 546. The molecule has 2 rings (SSSR count). The maximum atomic E-state index is 12.2. The van der Waals surface area contributed by atoms with E-state index in [1.165, 1.54) is 0 Å². The summed E-state index contributed by atoms with van der Waals surface area (Å²) in [6.45, 7) is 2.00. The number of rotatable bonds is 2. The predicted octanol–water partition coefficient (Wildman–Crippen LogP) is 2.56. The Morgan fingerprint density at radius 3 is 2.75 bits per heavy atom. The van der Waals surface area contributed by atoms with Crippen LogP contribution in [-0.2, 0) is 7.05 Å². The second-order valence-corrected chi connectivity index (χ2v) is 4.68. The lowest BCUT2D eigenvalue weighted by Gasteiger charge is -2.06. The first kappa shape index (κ1) is 11.3. The number of hydrogen-bond donors (Lipinski definition) is 0. The van der Waals surface area contributed by atoms with Gasteiger partial charge in [0.05, 0.1) is 0 Å². The van der Waals surface area contributed by atoms with Gasteiger partial charge in [-0.15, -0.1) is 0 Å². The molecule has 0 saturated carbocycles. The van der Waals surface area contributed by atoms with Crippen molar-refractivity contribution in [1.29, 1.82) is 0 Å². The van der Waals surface area contributed by atoms with Gasteiger partial charge in [0, 0.05) is 22.4 Å². The molecule has 0 aliphatic rings. The van der Waals surface area contributed by atoms with E-state index >= 15 is 0 Å². The van der Waals surface area contributed by atoms with Gasteiger partial charge in [0.2, 0.25) is 5.78 Å². The highest BCUT2D eigenvalue weighted by Gasteiger charge is 2.16. The zero-order valence-electron chi connectivity index (χ0n) is 9.07. The van der Waals surface area contributed by atoms with Crippen LogP contribution in [-0.4, -0.2) is 15.6 Å². The standard InChI is InChI=1S/C12H11IN2O/c1-8-4-3-5-9(11(8)13)12(16)10-6-7-14-15(10)2/h3-7H,1-2H3. The number of ketones is 1. The quantitative estimate of drug-likeness (QED) is 0.628. The SMILES string of the molecule is Cc1cccc(C(=O)c2ccnn2C)c1I. The van der Waals surface area contributed by atoms with Crippen molar-refractivity contribution in [3.05, 3.63) is 50.9 Å². The second-order valence-electron chi connectivity index (χ2n) is 3.61. The Labute approximate surface area is 108 Å². The summed E-state index contributed by atoms with van der Waals surface area (Å²) >= 11 is 2.21. The lowest BCUT2D eigenvalue weighted by Crippen LogP contribution is -2.10. The average Bonchev–Trinajstić information content (AvgIpc) is 2.68. The van der Waals surface area contributed by atoms with E-state index in [1.807, 2.05) is 25.1 Å². The molecule has 0 atom stereocenters. The Kier molecular flexibility index (Phi) is 3.09. The number of carbonyl (C=O) groups is 1. The first-order valence-electron chi connectivity index (χ1n) is 4.89. The van der Waals surface area contributed by atoms with E-state index in [4.69, 9.17) is 0 Å². The molecule has 3 nitrogen and oxygen atoms in total. The normalized spacial score (nSPS) is 10.4. The molecule has 0 spiro atoms. The van der Waals surface area contributed by atoms with Gasteiger partial charge in [-0.05, 0) is 47.2 Å². The number of aromatic nitrogens is 2. The molecule has 0 unspecified atom stereocenters. The Balaban J connectivity index is 2.50. The van der Waals surface area contributed by atoms with Crippen LogP contribution in [0, 0.1) is 10.5 Å². The number of benzene rings is 1. The number of halogens is 1. The summed E-state index contributed by atoms with van der Waals surface area (Å²) in [5, 5.41) is 4.01. The molecule has 1 heterocycles. The van der Waals surface area contributed by atoms with Gasteiger partial charge in [-0.3, -0.25) is 9.48 Å². The van der Waals surface area contributed by atoms with Crippen LogP contribution in [0.5, 0.6) is 0 Å². The van der Waals surface area contributed by atoms with Crippen LogP contribution in [0.1, 0.15) is 21.6 Å². The van der Waals surface area contributed by atoms with Crippen LogP contribution in [0.2, 0.25) is 0 Å². The van der Waals surface area contributed by atoms with Gasteiger partial charge in [0.25, 0.3) is 0 Å². The first-order valence-corrected chi connectivity index (χ1v) is 5.97. The van der Waals surface area contributed by atoms with E-state index < -0.39 is 0 Å². The molecule has 82 valence electrons. The van der Waals surface area contributed by atoms with E-state index in [0.717, 1.165) is 14.7 Å². The van der Waals surface area contributed by atoms with Crippen LogP contribution >= 0.6 is 22.6 Å². The largest absolute Gasteiger partial charge is 0.287 e. The van der Waals surface area contributed by atoms with Gasteiger partial charge in [0.15, 0.2) is 0 Å². The van der Waals surface area contributed by atoms with Crippen LogP contribution in [0.15, 0.2) is 30.5 Å². The molecule has 1 aromatic carbocycles. The molecule has 0 amide bonds. The minimum absolute atomic E-state index is 0.0214. The van der Waals surface area contributed by atoms with Crippen LogP contribution in [0.4, 0.5) is 0 Å². The van der Waals surface area contributed by atoms with Crippen molar-refractivity contribution in [3.63, 3.8) is 0 Å². The molecule has 0 aliphatic heterocycles. The van der Waals surface area contributed by atoms with Crippen molar-refractivity contribution in [2.45, 2.75) is 6.92 Å². The van der Waals surface area contributed by atoms with E-state index in [2.05, 4.69) is 27.7 Å². The number of hydrogen-bond acceptors (Lipinski definition) is 2. The molecular weight excluding hydrogens is 315 g/mol. The van der Waals surface area contributed by atoms with Gasteiger partial charge in [-0.1, -0.05) is 12.1 Å². The number of nitrogens with zero attached hydrogens (tertiary/aromatic N) is 2. The minimum atomic E-state index is 0.0214. The molecule has 4 heteroatoms. The average molecular weight is 326 g/mol. The van der Waals surface area contributed by atoms with E-state index in [0.29, 0.717) is 5.69 Å². The maximum absolute atomic E-state index is 12.2. The van der Waals surface area contributed by atoms with Crippen LogP contribution in [0.25, 0.3) is 0 Å². The van der Waals surface area contributed by atoms with Gasteiger partial charge in [-0.2, -0.15) is 5.10 Å². The Morgan fingerprint density at radius 1 is 1.38 bits per heavy atom. The highest BCUT2D eigenvalue weighted by Crippen LogP contribution is 2.19. The molecular formula is C12H11IN2O. The van der Waals surface area contributed by atoms with E-state index in [9.17, 15) is 4.79 Å². The summed E-state index contributed by atoms with van der Waals surface area (Å²) in [5.41, 5.74) is 2.47. The van der Waals surface area contributed by atoms with Gasteiger partial charge in [-0.25, -0.2) is 0 Å². The number of carbonyl (C=O) groups excluding carboxylic acids is 1. The number of aryl methyl sites for hydroxylation is 2. The van der Waals surface area contributed by atoms with Crippen LogP contribution < -0.4 is 0 Å². The van der Waals surface area contributed by atoms with Crippen LogP contribution in [0.3, 0.4) is 0 Å². The minimum Gasteiger partial charge on any atom is -0.287 e.